The fourth-order valence-corrected chi connectivity index (χ4v) is 3.02. The molecule has 1 fully saturated rings. The number of hydrogen-bond donors (Lipinski definition) is 1. The molecule has 0 saturated heterocycles. The Kier molecular flexibility index (Phi) is 6.45. The molecule has 3 nitrogen and oxygen atoms in total. The van der Waals surface area contributed by atoms with Crippen LogP contribution in [0.1, 0.15) is 46.0 Å². The zero-order chi connectivity index (χ0) is 12.7. The summed E-state index contributed by atoms with van der Waals surface area (Å²) in [6, 6.07) is 0.440. The van der Waals surface area contributed by atoms with E-state index in [-0.39, 0.29) is 5.41 Å². The van der Waals surface area contributed by atoms with Crippen molar-refractivity contribution in [2.24, 2.45) is 5.41 Å². The Morgan fingerprint density at radius 3 is 2.41 bits per heavy atom. The van der Waals surface area contributed by atoms with Crippen LogP contribution in [0, 0.1) is 5.41 Å². The van der Waals surface area contributed by atoms with Crippen molar-refractivity contribution in [2.75, 3.05) is 33.4 Å². The van der Waals surface area contributed by atoms with Crippen molar-refractivity contribution in [3.05, 3.63) is 0 Å². The normalized spacial score (nSPS) is 21.7. The molecule has 1 rings (SSSR count). The summed E-state index contributed by atoms with van der Waals surface area (Å²) in [7, 11) is 1.76. The van der Waals surface area contributed by atoms with Gasteiger partial charge in [-0.05, 0) is 26.3 Å². The molecule has 3 heteroatoms. The summed E-state index contributed by atoms with van der Waals surface area (Å²) in [6.45, 7) is 7.57. The van der Waals surface area contributed by atoms with E-state index in [1.165, 1.54) is 32.1 Å². The molecule has 0 aromatic heterocycles. The molecule has 17 heavy (non-hydrogen) atoms. The first kappa shape index (κ1) is 14.9. The second-order valence-corrected chi connectivity index (χ2v) is 5.59. The van der Waals surface area contributed by atoms with E-state index < -0.39 is 0 Å². The number of methoxy groups -OCH3 is 1. The molecule has 102 valence electrons. The molecule has 0 heterocycles. The fraction of sp³-hybridized carbons (Fsp3) is 1.00. The molecule has 1 saturated carbocycles. The smallest absolute Gasteiger partial charge is 0.0615 e. The van der Waals surface area contributed by atoms with Crippen LogP contribution >= 0.6 is 0 Å². The Balaban J connectivity index is 2.57. The minimum atomic E-state index is 0.149. The summed E-state index contributed by atoms with van der Waals surface area (Å²) in [5, 5.41) is 9.74. The molecule has 1 aliphatic carbocycles. The first-order valence-corrected chi connectivity index (χ1v) is 7.01. The van der Waals surface area contributed by atoms with E-state index in [2.05, 4.69) is 18.7 Å². The topological polar surface area (TPSA) is 32.7 Å². The number of aliphatic hydroxyl groups excluding tert-OH is 1. The number of likely N-dealkylation sites (N-methyl/N-ethyl adjacent to an activating group) is 1. The van der Waals surface area contributed by atoms with Crippen molar-refractivity contribution in [3.63, 3.8) is 0 Å². The molecule has 0 aliphatic heterocycles. The third-order valence-corrected chi connectivity index (χ3v) is 4.23. The van der Waals surface area contributed by atoms with Crippen LogP contribution in [0.15, 0.2) is 0 Å². The number of aliphatic hydroxyl groups is 1. The van der Waals surface area contributed by atoms with Gasteiger partial charge in [-0.1, -0.05) is 26.2 Å². The maximum atomic E-state index is 9.74. The molecule has 1 N–H and O–H groups in total. The van der Waals surface area contributed by atoms with E-state index in [0.717, 1.165) is 19.7 Å². The lowest BCUT2D eigenvalue weighted by atomic mass is 9.74. The van der Waals surface area contributed by atoms with E-state index in [9.17, 15) is 5.11 Å². The average molecular weight is 243 g/mol. The van der Waals surface area contributed by atoms with Gasteiger partial charge in [-0.25, -0.2) is 0 Å². The molecular weight excluding hydrogens is 214 g/mol. The lowest BCUT2D eigenvalue weighted by molar-refractivity contribution is 0.0138. The van der Waals surface area contributed by atoms with Crippen LogP contribution in [0.2, 0.25) is 0 Å². The van der Waals surface area contributed by atoms with Crippen LogP contribution < -0.4 is 0 Å². The van der Waals surface area contributed by atoms with Gasteiger partial charge in [-0.3, -0.25) is 4.90 Å². The van der Waals surface area contributed by atoms with Gasteiger partial charge in [-0.15, -0.1) is 0 Å². The van der Waals surface area contributed by atoms with Crippen LogP contribution in [0.5, 0.6) is 0 Å². The van der Waals surface area contributed by atoms with Gasteiger partial charge in [0.25, 0.3) is 0 Å². The van der Waals surface area contributed by atoms with Gasteiger partial charge in [-0.2, -0.15) is 0 Å². The molecular formula is C14H29NO2. The average Bonchev–Trinajstić information content (AvgIpc) is 2.37. The van der Waals surface area contributed by atoms with E-state index in [1.54, 1.807) is 7.11 Å². The first-order valence-electron chi connectivity index (χ1n) is 7.01. The quantitative estimate of drug-likeness (QED) is 0.744. The minimum absolute atomic E-state index is 0.149. The number of rotatable bonds is 7. The monoisotopic (exact) mass is 243 g/mol. The number of hydrogen-bond acceptors (Lipinski definition) is 3. The van der Waals surface area contributed by atoms with Crippen LogP contribution in [0.4, 0.5) is 0 Å². The molecule has 1 atom stereocenters. The molecule has 0 bridgehead atoms. The molecule has 0 aromatic rings. The second-order valence-electron chi connectivity index (χ2n) is 5.59. The third-order valence-electron chi connectivity index (χ3n) is 4.23. The zero-order valence-corrected chi connectivity index (χ0v) is 11.7. The number of ether oxygens (including phenoxy) is 1. The van der Waals surface area contributed by atoms with Crippen molar-refractivity contribution in [3.8, 4) is 0 Å². The minimum Gasteiger partial charge on any atom is -0.396 e. The van der Waals surface area contributed by atoms with Crippen LogP contribution in [-0.2, 0) is 4.74 Å². The highest BCUT2D eigenvalue weighted by atomic mass is 16.5. The van der Waals surface area contributed by atoms with E-state index in [1.807, 2.05) is 0 Å². The van der Waals surface area contributed by atoms with Gasteiger partial charge in [0.15, 0.2) is 0 Å². The highest BCUT2D eigenvalue weighted by Gasteiger charge is 2.33. The lowest BCUT2D eigenvalue weighted by Gasteiger charge is -2.41. The largest absolute Gasteiger partial charge is 0.396 e. The van der Waals surface area contributed by atoms with Crippen LogP contribution in [-0.4, -0.2) is 49.5 Å². The Morgan fingerprint density at radius 1 is 1.29 bits per heavy atom. The summed E-state index contributed by atoms with van der Waals surface area (Å²) in [5.41, 5.74) is 0.149. The summed E-state index contributed by atoms with van der Waals surface area (Å²) in [6.07, 6.45) is 6.24. The summed E-state index contributed by atoms with van der Waals surface area (Å²) < 4.78 is 5.24. The van der Waals surface area contributed by atoms with Crippen molar-refractivity contribution >= 4 is 0 Å². The van der Waals surface area contributed by atoms with Crippen molar-refractivity contribution < 1.29 is 9.84 Å². The van der Waals surface area contributed by atoms with Crippen molar-refractivity contribution in [1.29, 1.82) is 0 Å². The van der Waals surface area contributed by atoms with E-state index in [4.69, 9.17) is 4.74 Å². The van der Waals surface area contributed by atoms with Crippen LogP contribution in [0.3, 0.4) is 0 Å². The summed E-state index contributed by atoms with van der Waals surface area (Å²) in [5.74, 6) is 0. The Labute approximate surface area is 106 Å². The number of nitrogens with zero attached hydrogens (tertiary/aromatic N) is 1. The lowest BCUT2D eigenvalue weighted by Crippen LogP contribution is -2.46. The third kappa shape index (κ3) is 4.23. The van der Waals surface area contributed by atoms with E-state index >= 15 is 0 Å². The highest BCUT2D eigenvalue weighted by molar-refractivity contribution is 4.86. The maximum Gasteiger partial charge on any atom is 0.0615 e. The SMILES string of the molecule is CCN(CC1(CO)CCCCC1)C(C)COC. The van der Waals surface area contributed by atoms with Gasteiger partial charge in [0.05, 0.1) is 6.61 Å². The molecule has 0 amide bonds. The second kappa shape index (κ2) is 7.34. The Morgan fingerprint density at radius 2 is 1.94 bits per heavy atom. The maximum absolute atomic E-state index is 9.74. The van der Waals surface area contributed by atoms with Gasteiger partial charge < -0.3 is 9.84 Å². The summed E-state index contributed by atoms with van der Waals surface area (Å²) in [4.78, 5) is 2.45. The van der Waals surface area contributed by atoms with E-state index in [0.29, 0.717) is 12.6 Å². The molecule has 1 aliphatic rings. The molecule has 0 radical (unpaired) electrons. The first-order chi connectivity index (χ1) is 8.17. The Hall–Kier alpha value is -0.120. The standard InChI is InChI=1S/C14H29NO2/c1-4-15(13(2)10-17-3)11-14(12-16)8-6-5-7-9-14/h13,16H,4-12H2,1-3H3. The fourth-order valence-electron chi connectivity index (χ4n) is 3.02. The van der Waals surface area contributed by atoms with Crippen molar-refractivity contribution in [1.82, 2.24) is 4.90 Å². The van der Waals surface area contributed by atoms with Gasteiger partial charge in [0.2, 0.25) is 0 Å². The van der Waals surface area contributed by atoms with Gasteiger partial charge in [0, 0.05) is 31.7 Å². The summed E-state index contributed by atoms with van der Waals surface area (Å²) >= 11 is 0. The predicted octanol–water partition coefficient (Wildman–Crippen LogP) is 2.29. The molecule has 0 spiro atoms. The molecule has 0 aromatic carbocycles. The zero-order valence-electron chi connectivity index (χ0n) is 11.7. The highest BCUT2D eigenvalue weighted by Crippen LogP contribution is 2.36. The predicted molar refractivity (Wildman–Crippen MR) is 71.2 cm³/mol. The van der Waals surface area contributed by atoms with Crippen molar-refractivity contribution in [2.45, 2.75) is 52.0 Å². The van der Waals surface area contributed by atoms with Crippen LogP contribution in [0.25, 0.3) is 0 Å². The van der Waals surface area contributed by atoms with Gasteiger partial charge in [0.1, 0.15) is 0 Å². The molecule has 1 unspecified atom stereocenters. The van der Waals surface area contributed by atoms with Gasteiger partial charge >= 0.3 is 0 Å². The Bertz CT molecular complexity index is 202.